The predicted molar refractivity (Wildman–Crippen MR) is 132 cm³/mol. The van der Waals surface area contributed by atoms with E-state index in [1.807, 2.05) is 0 Å². The number of ketones is 3. The van der Waals surface area contributed by atoms with E-state index in [0.717, 1.165) is 0 Å². The van der Waals surface area contributed by atoms with Crippen molar-refractivity contribution in [1.29, 1.82) is 0 Å². The van der Waals surface area contributed by atoms with Crippen LogP contribution < -0.4 is 10.5 Å². The first kappa shape index (κ1) is 26.4. The molecule has 202 valence electrons. The second kappa shape index (κ2) is 9.53. The molecule has 3 aliphatic rings. The highest BCUT2D eigenvalue weighted by Gasteiger charge is 2.51. The Morgan fingerprint density at radius 2 is 1.97 bits per heavy atom. The number of benzene rings is 2. The minimum atomic E-state index is -2.21. The van der Waals surface area contributed by atoms with E-state index in [4.69, 9.17) is 19.9 Å². The quantitative estimate of drug-likeness (QED) is 0.365. The number of nitrogens with two attached hydrogens (primary N) is 1. The van der Waals surface area contributed by atoms with Crippen LogP contribution in [0.5, 0.6) is 11.5 Å². The molecular weight excluding hydrogens is 498 g/mol. The zero-order valence-electron chi connectivity index (χ0n) is 20.8. The van der Waals surface area contributed by atoms with Crippen molar-refractivity contribution in [2.45, 2.75) is 62.4 Å². The first-order chi connectivity index (χ1) is 18.0. The van der Waals surface area contributed by atoms with Crippen LogP contribution in [0.25, 0.3) is 10.8 Å². The molecule has 5 rings (SSSR count). The van der Waals surface area contributed by atoms with E-state index in [9.17, 15) is 34.8 Å². The number of aromatic hydroxyl groups is 1. The Morgan fingerprint density at radius 3 is 2.63 bits per heavy atom. The zero-order valence-corrected chi connectivity index (χ0v) is 20.8. The van der Waals surface area contributed by atoms with E-state index in [2.05, 4.69) is 0 Å². The number of hydrogen-bond acceptors (Lipinski definition) is 11. The maximum atomic E-state index is 13.9. The number of aliphatic hydroxyl groups is 3. The molecule has 11 heteroatoms. The van der Waals surface area contributed by atoms with Gasteiger partial charge in [-0.1, -0.05) is 12.1 Å². The largest absolute Gasteiger partial charge is 0.506 e. The van der Waals surface area contributed by atoms with Crippen LogP contribution in [0.1, 0.15) is 46.9 Å². The van der Waals surface area contributed by atoms with Gasteiger partial charge in [-0.05, 0) is 19.1 Å². The number of methoxy groups -OCH3 is 1. The van der Waals surface area contributed by atoms with E-state index in [1.54, 1.807) is 25.1 Å². The summed E-state index contributed by atoms with van der Waals surface area (Å²) in [6.07, 6.45) is -4.84. The van der Waals surface area contributed by atoms with Crippen molar-refractivity contribution < 1.29 is 49.0 Å². The normalized spacial score (nSPS) is 31.3. The van der Waals surface area contributed by atoms with Crippen molar-refractivity contribution in [1.82, 2.24) is 0 Å². The van der Waals surface area contributed by atoms with Gasteiger partial charge in [0.05, 0.1) is 31.0 Å². The molecule has 1 saturated heterocycles. The number of phenols is 1. The molecule has 11 nitrogen and oxygen atoms in total. The minimum absolute atomic E-state index is 0.0539. The zero-order chi connectivity index (χ0) is 27.5. The Balaban J connectivity index is 1.64. The Hall–Kier alpha value is -3.19. The third kappa shape index (κ3) is 4.03. The van der Waals surface area contributed by atoms with Crippen molar-refractivity contribution in [2.75, 3.05) is 13.7 Å². The summed E-state index contributed by atoms with van der Waals surface area (Å²) < 4.78 is 17.1. The summed E-state index contributed by atoms with van der Waals surface area (Å²) in [5.74, 6) is -2.34. The lowest BCUT2D eigenvalue weighted by Gasteiger charge is -2.42. The maximum absolute atomic E-state index is 13.9. The van der Waals surface area contributed by atoms with Gasteiger partial charge in [-0.25, -0.2) is 0 Å². The average molecular weight is 528 g/mol. The SMILES string of the molecule is COc1cccc2c(O)c3c(cc12)C(=O)C1=C(C[C@@](O)(C(=O)CO)C[C@@H]1O[C@H]1C[C@H](N)[C@H](O)[C@H](C)O1)C3=O. The number of fused-ring (bicyclic) bond motifs is 2. The molecular formula is C27H29NO10. The van der Waals surface area contributed by atoms with E-state index < -0.39 is 78.8 Å². The molecule has 6 N–H and O–H groups in total. The maximum Gasteiger partial charge on any atom is 0.194 e. The molecule has 0 radical (unpaired) electrons. The van der Waals surface area contributed by atoms with Gasteiger partial charge in [0.15, 0.2) is 23.6 Å². The van der Waals surface area contributed by atoms with Gasteiger partial charge in [0, 0.05) is 52.8 Å². The number of rotatable bonds is 5. The van der Waals surface area contributed by atoms with Gasteiger partial charge < -0.3 is 40.4 Å². The van der Waals surface area contributed by atoms with Gasteiger partial charge in [-0.15, -0.1) is 0 Å². The molecule has 38 heavy (non-hydrogen) atoms. The van der Waals surface area contributed by atoms with Crippen LogP contribution in [0.4, 0.5) is 0 Å². The molecule has 0 saturated carbocycles. The summed E-state index contributed by atoms with van der Waals surface area (Å²) in [4.78, 5) is 40.3. The summed E-state index contributed by atoms with van der Waals surface area (Å²) >= 11 is 0. The Morgan fingerprint density at radius 1 is 1.24 bits per heavy atom. The Labute approximate surface area is 217 Å². The van der Waals surface area contributed by atoms with Crippen molar-refractivity contribution in [3.63, 3.8) is 0 Å². The number of ether oxygens (including phenoxy) is 3. The van der Waals surface area contributed by atoms with Crippen LogP contribution >= 0.6 is 0 Å². The summed E-state index contributed by atoms with van der Waals surface area (Å²) in [6, 6.07) is 5.63. The van der Waals surface area contributed by atoms with Gasteiger partial charge in [0.1, 0.15) is 23.7 Å². The minimum Gasteiger partial charge on any atom is -0.506 e. The molecule has 0 bridgehead atoms. The highest BCUT2D eigenvalue weighted by molar-refractivity contribution is 6.30. The second-order valence-electron chi connectivity index (χ2n) is 10.0. The highest BCUT2D eigenvalue weighted by atomic mass is 16.7. The van der Waals surface area contributed by atoms with Crippen LogP contribution in [-0.2, 0) is 14.3 Å². The highest BCUT2D eigenvalue weighted by Crippen LogP contribution is 2.46. The number of Topliss-reactive ketones (excluding diaryl/α,β-unsaturated/α-hetero) is 3. The third-order valence-corrected chi connectivity index (χ3v) is 7.70. The standard InChI is InChI=1S/C27H29NO10/c1-11-23(31)16(28)7-20(37-11)38-18-9-27(35,19(30)10-29)8-15-21(18)25(33)14-6-13-12(4-3-5-17(13)36-2)24(32)22(14)26(15)34/h3-6,11,16,18,20,23,29,31-32,35H,7-10,28H2,1-2H3/t11-,16-,18-,20-,23+,27-/m0/s1. The predicted octanol–water partition coefficient (Wildman–Crippen LogP) is 0.524. The fourth-order valence-corrected chi connectivity index (χ4v) is 5.64. The first-order valence-corrected chi connectivity index (χ1v) is 12.3. The lowest BCUT2D eigenvalue weighted by atomic mass is 9.69. The number of hydrogen-bond donors (Lipinski definition) is 5. The third-order valence-electron chi connectivity index (χ3n) is 7.70. The number of aliphatic hydroxyl groups excluding tert-OH is 2. The number of carbonyl (C=O) groups excluding carboxylic acids is 3. The Kier molecular flexibility index (Phi) is 6.62. The molecule has 2 aliphatic carbocycles. The average Bonchev–Trinajstić information content (AvgIpc) is 2.89. The van der Waals surface area contributed by atoms with Crippen molar-refractivity contribution in [3.8, 4) is 11.5 Å². The van der Waals surface area contributed by atoms with Gasteiger partial charge in [0.25, 0.3) is 0 Å². The van der Waals surface area contributed by atoms with Crippen molar-refractivity contribution in [2.24, 2.45) is 5.73 Å². The lowest BCUT2D eigenvalue weighted by Crippen LogP contribution is -2.54. The number of carbonyl (C=O) groups is 3. The fraction of sp³-hybridized carbons (Fsp3) is 0.444. The molecule has 0 aromatic heterocycles. The van der Waals surface area contributed by atoms with E-state index in [1.165, 1.54) is 13.2 Å². The molecule has 2 aromatic rings. The molecule has 6 atom stereocenters. The van der Waals surface area contributed by atoms with Crippen LogP contribution in [-0.4, -0.2) is 87.7 Å². The van der Waals surface area contributed by atoms with Gasteiger partial charge >= 0.3 is 0 Å². The molecule has 2 aromatic carbocycles. The molecule has 1 heterocycles. The number of phenolic OH excluding ortho intramolecular Hbond substituents is 1. The monoisotopic (exact) mass is 527 g/mol. The van der Waals surface area contributed by atoms with Crippen LogP contribution in [0.3, 0.4) is 0 Å². The molecule has 1 fully saturated rings. The Bertz CT molecular complexity index is 1370. The van der Waals surface area contributed by atoms with Gasteiger partial charge in [-0.2, -0.15) is 0 Å². The lowest BCUT2D eigenvalue weighted by molar-refractivity contribution is -0.239. The molecule has 1 aliphatic heterocycles. The summed E-state index contributed by atoms with van der Waals surface area (Å²) in [7, 11) is 1.44. The van der Waals surface area contributed by atoms with Crippen molar-refractivity contribution >= 4 is 28.1 Å². The fourth-order valence-electron chi connectivity index (χ4n) is 5.64. The van der Waals surface area contributed by atoms with Gasteiger partial charge in [-0.3, -0.25) is 14.4 Å². The molecule has 0 unspecified atom stereocenters. The van der Waals surface area contributed by atoms with E-state index in [0.29, 0.717) is 11.1 Å². The van der Waals surface area contributed by atoms with E-state index >= 15 is 0 Å². The summed E-state index contributed by atoms with van der Waals surface area (Å²) in [6.45, 7) is 0.609. The molecule has 0 amide bonds. The topological polar surface area (TPSA) is 186 Å². The van der Waals surface area contributed by atoms with Crippen LogP contribution in [0, 0.1) is 0 Å². The first-order valence-electron chi connectivity index (χ1n) is 12.3. The summed E-state index contributed by atoms with van der Waals surface area (Å²) in [5, 5.41) is 42.6. The summed E-state index contributed by atoms with van der Waals surface area (Å²) in [5.41, 5.74) is 3.23. The van der Waals surface area contributed by atoms with E-state index in [-0.39, 0.29) is 34.1 Å². The van der Waals surface area contributed by atoms with Crippen molar-refractivity contribution in [3.05, 3.63) is 46.5 Å². The van der Waals surface area contributed by atoms with Crippen LogP contribution in [0.2, 0.25) is 0 Å². The smallest absolute Gasteiger partial charge is 0.194 e. The second-order valence-corrected chi connectivity index (χ2v) is 10.0. The van der Waals surface area contributed by atoms with Crippen LogP contribution in [0.15, 0.2) is 35.4 Å². The van der Waals surface area contributed by atoms with Gasteiger partial charge in [0.2, 0.25) is 0 Å². The molecule has 0 spiro atoms.